The van der Waals surface area contributed by atoms with Crippen LogP contribution in [0.5, 0.6) is 0 Å². The third-order valence-electron chi connectivity index (χ3n) is 2.84. The number of benzene rings is 2. The summed E-state index contributed by atoms with van der Waals surface area (Å²) in [5, 5.41) is 2.75. The van der Waals surface area contributed by atoms with Crippen LogP contribution in [0.4, 0.5) is 4.79 Å². The largest absolute Gasteiger partial charge is 0.445 e. The quantitative estimate of drug-likeness (QED) is 0.911. The lowest BCUT2D eigenvalue weighted by Crippen LogP contribution is -2.23. The van der Waals surface area contributed by atoms with Crippen LogP contribution in [0.25, 0.3) is 0 Å². The van der Waals surface area contributed by atoms with Gasteiger partial charge in [-0.15, -0.1) is 0 Å². The normalized spacial score (nSPS) is 10.1. The van der Waals surface area contributed by atoms with E-state index in [0.717, 1.165) is 21.2 Å². The van der Waals surface area contributed by atoms with Crippen molar-refractivity contribution in [3.05, 3.63) is 69.7 Å². The molecule has 0 heterocycles. The molecule has 0 spiro atoms. The van der Waals surface area contributed by atoms with Crippen LogP contribution < -0.4 is 5.32 Å². The Morgan fingerprint density at radius 2 is 1.95 bits per heavy atom. The number of amides is 1. The second-order valence-corrected chi connectivity index (χ2v) is 5.36. The molecule has 4 heteroatoms. The maximum Gasteiger partial charge on any atom is 0.407 e. The lowest BCUT2D eigenvalue weighted by Gasteiger charge is -2.09. The summed E-state index contributed by atoms with van der Waals surface area (Å²) >= 11 is 3.46. The highest BCUT2D eigenvalue weighted by Crippen LogP contribution is 2.17. The average molecular weight is 334 g/mol. The zero-order valence-corrected chi connectivity index (χ0v) is 12.8. The highest BCUT2D eigenvalue weighted by atomic mass is 79.9. The molecule has 2 aromatic carbocycles. The Hall–Kier alpha value is -1.81. The van der Waals surface area contributed by atoms with Gasteiger partial charge in [-0.25, -0.2) is 4.79 Å². The molecule has 0 aromatic heterocycles. The summed E-state index contributed by atoms with van der Waals surface area (Å²) in [6.07, 6.45) is -0.415. The molecular weight excluding hydrogens is 318 g/mol. The summed E-state index contributed by atoms with van der Waals surface area (Å²) in [4.78, 5) is 11.6. The molecule has 0 aliphatic heterocycles. The van der Waals surface area contributed by atoms with E-state index in [2.05, 4.69) is 21.2 Å². The number of carbonyl (C=O) groups is 1. The molecule has 2 rings (SSSR count). The van der Waals surface area contributed by atoms with Crippen molar-refractivity contribution >= 4 is 22.0 Å². The molecule has 3 nitrogen and oxygen atoms in total. The van der Waals surface area contributed by atoms with Gasteiger partial charge >= 0.3 is 6.09 Å². The Bertz CT molecular complexity index is 584. The van der Waals surface area contributed by atoms with Gasteiger partial charge in [-0.2, -0.15) is 0 Å². The topological polar surface area (TPSA) is 38.3 Å². The minimum atomic E-state index is -0.415. The number of hydrogen-bond donors (Lipinski definition) is 1. The van der Waals surface area contributed by atoms with Gasteiger partial charge in [-0.3, -0.25) is 0 Å². The summed E-state index contributed by atoms with van der Waals surface area (Å²) in [7, 11) is 0. The molecule has 0 aliphatic carbocycles. The van der Waals surface area contributed by atoms with E-state index in [1.54, 1.807) is 0 Å². The molecule has 20 heavy (non-hydrogen) atoms. The SMILES string of the molecule is Cc1ccc(Br)c(CNC(=O)OCc2ccccc2)c1. The Balaban J connectivity index is 1.82. The third kappa shape index (κ3) is 4.38. The van der Waals surface area contributed by atoms with E-state index in [4.69, 9.17) is 4.74 Å². The second kappa shape index (κ2) is 7.10. The van der Waals surface area contributed by atoms with Crippen LogP contribution in [0.15, 0.2) is 53.0 Å². The Labute approximate surface area is 127 Å². The van der Waals surface area contributed by atoms with E-state index < -0.39 is 6.09 Å². The molecule has 0 unspecified atom stereocenters. The molecule has 2 aromatic rings. The second-order valence-electron chi connectivity index (χ2n) is 4.51. The molecule has 0 aliphatic rings. The third-order valence-corrected chi connectivity index (χ3v) is 3.61. The zero-order valence-electron chi connectivity index (χ0n) is 11.2. The number of nitrogens with one attached hydrogen (secondary N) is 1. The van der Waals surface area contributed by atoms with Gasteiger partial charge in [0.2, 0.25) is 0 Å². The predicted molar refractivity (Wildman–Crippen MR) is 82.3 cm³/mol. The Kier molecular flexibility index (Phi) is 5.18. The monoisotopic (exact) mass is 333 g/mol. The molecule has 0 bridgehead atoms. The van der Waals surface area contributed by atoms with Crippen LogP contribution in [0.1, 0.15) is 16.7 Å². The maximum absolute atomic E-state index is 11.6. The number of ether oxygens (including phenoxy) is 1. The van der Waals surface area contributed by atoms with Gasteiger partial charge in [-0.1, -0.05) is 64.0 Å². The maximum atomic E-state index is 11.6. The molecular formula is C16H16BrNO2. The summed E-state index contributed by atoms with van der Waals surface area (Å²) < 4.78 is 6.13. The van der Waals surface area contributed by atoms with Crippen molar-refractivity contribution in [2.24, 2.45) is 0 Å². The fourth-order valence-electron chi connectivity index (χ4n) is 1.78. The van der Waals surface area contributed by atoms with Gasteiger partial charge in [0.25, 0.3) is 0 Å². The minimum Gasteiger partial charge on any atom is -0.445 e. The highest BCUT2D eigenvalue weighted by Gasteiger charge is 2.05. The van der Waals surface area contributed by atoms with Crippen molar-refractivity contribution in [1.29, 1.82) is 0 Å². The predicted octanol–water partition coefficient (Wildman–Crippen LogP) is 4.18. The lowest BCUT2D eigenvalue weighted by atomic mass is 10.1. The molecule has 0 atom stereocenters. The standard InChI is InChI=1S/C16H16BrNO2/c1-12-7-8-15(17)14(9-12)10-18-16(19)20-11-13-5-3-2-4-6-13/h2-9H,10-11H2,1H3,(H,18,19). The first-order valence-corrected chi connectivity index (χ1v) is 7.14. The van der Waals surface area contributed by atoms with Crippen molar-refractivity contribution < 1.29 is 9.53 Å². The Morgan fingerprint density at radius 3 is 2.70 bits per heavy atom. The fourth-order valence-corrected chi connectivity index (χ4v) is 2.17. The molecule has 0 saturated carbocycles. The molecule has 1 N–H and O–H groups in total. The van der Waals surface area contributed by atoms with Crippen LogP contribution in [0, 0.1) is 6.92 Å². The van der Waals surface area contributed by atoms with E-state index >= 15 is 0 Å². The average Bonchev–Trinajstić information content (AvgIpc) is 2.47. The highest BCUT2D eigenvalue weighted by molar-refractivity contribution is 9.10. The van der Waals surface area contributed by atoms with Gasteiger partial charge in [0.05, 0.1) is 0 Å². The molecule has 1 amide bonds. The van der Waals surface area contributed by atoms with Crippen molar-refractivity contribution in [3.63, 3.8) is 0 Å². The number of alkyl carbamates (subject to hydrolysis) is 1. The molecule has 0 radical (unpaired) electrons. The van der Waals surface area contributed by atoms with E-state index in [-0.39, 0.29) is 6.61 Å². The van der Waals surface area contributed by atoms with Crippen LogP contribution >= 0.6 is 15.9 Å². The van der Waals surface area contributed by atoms with E-state index in [1.165, 1.54) is 0 Å². The van der Waals surface area contributed by atoms with E-state index in [0.29, 0.717) is 6.54 Å². The van der Waals surface area contributed by atoms with E-state index in [1.807, 2.05) is 55.5 Å². The van der Waals surface area contributed by atoms with E-state index in [9.17, 15) is 4.79 Å². The number of carbonyl (C=O) groups excluding carboxylic acids is 1. The molecule has 0 fully saturated rings. The van der Waals surface area contributed by atoms with Gasteiger partial charge < -0.3 is 10.1 Å². The summed E-state index contributed by atoms with van der Waals surface area (Å²) in [5.74, 6) is 0. The molecule has 104 valence electrons. The lowest BCUT2D eigenvalue weighted by molar-refractivity contribution is 0.139. The first-order chi connectivity index (χ1) is 9.65. The summed E-state index contributed by atoms with van der Waals surface area (Å²) in [5.41, 5.74) is 3.16. The van der Waals surface area contributed by atoms with Crippen molar-refractivity contribution in [2.75, 3.05) is 0 Å². The number of rotatable bonds is 4. The van der Waals surface area contributed by atoms with Gasteiger partial charge in [0.15, 0.2) is 0 Å². The van der Waals surface area contributed by atoms with Crippen LogP contribution in [0.2, 0.25) is 0 Å². The first-order valence-electron chi connectivity index (χ1n) is 6.35. The fraction of sp³-hybridized carbons (Fsp3) is 0.188. The summed E-state index contributed by atoms with van der Waals surface area (Å²) in [6.45, 7) is 2.74. The number of aryl methyl sites for hydroxylation is 1. The van der Waals surface area contributed by atoms with Gasteiger partial charge in [-0.05, 0) is 24.1 Å². The number of hydrogen-bond acceptors (Lipinski definition) is 2. The minimum absolute atomic E-state index is 0.279. The van der Waals surface area contributed by atoms with Crippen molar-refractivity contribution in [2.45, 2.75) is 20.1 Å². The zero-order chi connectivity index (χ0) is 14.4. The summed E-state index contributed by atoms with van der Waals surface area (Å²) in [6, 6.07) is 15.6. The van der Waals surface area contributed by atoms with Crippen LogP contribution in [-0.4, -0.2) is 6.09 Å². The first kappa shape index (κ1) is 14.6. The van der Waals surface area contributed by atoms with Gasteiger partial charge in [0, 0.05) is 11.0 Å². The van der Waals surface area contributed by atoms with Crippen molar-refractivity contribution in [3.8, 4) is 0 Å². The van der Waals surface area contributed by atoms with Crippen LogP contribution in [-0.2, 0) is 17.9 Å². The number of halogens is 1. The molecule has 0 saturated heterocycles. The Morgan fingerprint density at radius 1 is 1.20 bits per heavy atom. The van der Waals surface area contributed by atoms with Crippen LogP contribution in [0.3, 0.4) is 0 Å². The smallest absolute Gasteiger partial charge is 0.407 e. The van der Waals surface area contributed by atoms with Crippen molar-refractivity contribution in [1.82, 2.24) is 5.32 Å². The van der Waals surface area contributed by atoms with Gasteiger partial charge in [0.1, 0.15) is 6.61 Å².